The molecule has 486 valence electrons. The van der Waals surface area contributed by atoms with Crippen LogP contribution < -0.4 is 10.4 Å². The van der Waals surface area contributed by atoms with Gasteiger partial charge in [0.25, 0.3) is 8.32 Å². The zero-order valence-electron chi connectivity index (χ0n) is 53.6. The van der Waals surface area contributed by atoms with Gasteiger partial charge in [-0.15, -0.1) is 0 Å². The Kier molecular flexibility index (Phi) is 25.0. The van der Waals surface area contributed by atoms with Gasteiger partial charge in [0.05, 0.1) is 49.7 Å². The molecule has 0 aromatic heterocycles. The number of unbranched alkanes of at least 4 members (excludes halogenated alkanes) is 5. The Morgan fingerprint density at radius 3 is 1.16 bits per heavy atom. The highest BCUT2D eigenvalue weighted by molar-refractivity contribution is 6.99. The maximum Gasteiger partial charge on any atom is 0.338 e. The minimum absolute atomic E-state index is 0.149. The molecule has 0 bridgehead atoms. The van der Waals surface area contributed by atoms with Gasteiger partial charge in [-0.1, -0.05) is 266 Å². The van der Waals surface area contributed by atoms with Gasteiger partial charge >= 0.3 is 17.9 Å². The van der Waals surface area contributed by atoms with Gasteiger partial charge in [0, 0.05) is 6.61 Å². The number of ether oxygens (including phenoxy) is 10. The molecule has 15 heteroatoms. The van der Waals surface area contributed by atoms with Gasteiger partial charge in [-0.05, 0) is 74.9 Å². The second-order valence-electron chi connectivity index (χ2n) is 24.5. The predicted molar refractivity (Wildman–Crippen MR) is 358 cm³/mol. The van der Waals surface area contributed by atoms with Gasteiger partial charge in [-0.25, -0.2) is 14.4 Å². The molecule has 2 saturated heterocycles. The summed E-state index contributed by atoms with van der Waals surface area (Å²) in [6, 6.07) is 75.2. The van der Waals surface area contributed by atoms with Crippen molar-refractivity contribution in [2.45, 2.75) is 152 Å². The van der Waals surface area contributed by atoms with Crippen LogP contribution in [0.2, 0.25) is 5.04 Å². The molecule has 8 aromatic carbocycles. The maximum absolute atomic E-state index is 14.9. The lowest BCUT2D eigenvalue weighted by atomic mass is 9.96. The molecule has 0 N–H and O–H groups in total. The van der Waals surface area contributed by atoms with E-state index in [1.165, 1.54) is 0 Å². The van der Waals surface area contributed by atoms with Gasteiger partial charge < -0.3 is 51.8 Å². The van der Waals surface area contributed by atoms with Crippen LogP contribution in [-0.2, 0) is 71.6 Å². The van der Waals surface area contributed by atoms with Crippen LogP contribution in [-0.4, -0.2) is 107 Å². The Balaban J connectivity index is 1.09. The minimum atomic E-state index is -3.41. The quantitative estimate of drug-likeness (QED) is 0.0175. The van der Waals surface area contributed by atoms with Crippen molar-refractivity contribution in [3.8, 4) is 0 Å². The number of hydrogen-bond donors (Lipinski definition) is 0. The van der Waals surface area contributed by atoms with Crippen molar-refractivity contribution in [3.63, 3.8) is 0 Å². The van der Waals surface area contributed by atoms with Gasteiger partial charge in [0.1, 0.15) is 30.5 Å². The van der Waals surface area contributed by atoms with Crippen LogP contribution in [0.4, 0.5) is 0 Å². The third-order valence-corrected chi connectivity index (χ3v) is 21.9. The summed E-state index contributed by atoms with van der Waals surface area (Å²) in [4.78, 5) is 44.5. The summed E-state index contributed by atoms with van der Waals surface area (Å²) < 4.78 is 77.2. The third-order valence-electron chi connectivity index (χ3n) is 16.9. The van der Waals surface area contributed by atoms with Crippen LogP contribution in [0.3, 0.4) is 0 Å². The minimum Gasteiger partial charge on any atom is -0.452 e. The lowest BCUT2D eigenvalue weighted by Crippen LogP contribution is -2.69. The second kappa shape index (κ2) is 34.3. The Labute approximate surface area is 548 Å². The summed E-state index contributed by atoms with van der Waals surface area (Å²) in [7, 11) is -3.41. The van der Waals surface area contributed by atoms with Gasteiger partial charge in [-0.2, -0.15) is 0 Å². The van der Waals surface area contributed by atoms with E-state index in [0.717, 1.165) is 65.6 Å². The van der Waals surface area contributed by atoms with E-state index < -0.39 is 92.7 Å². The van der Waals surface area contributed by atoms with E-state index in [-0.39, 0.29) is 49.7 Å². The lowest BCUT2D eigenvalue weighted by Gasteiger charge is -2.48. The molecular weight excluding hydrogens is 1190 g/mol. The summed E-state index contributed by atoms with van der Waals surface area (Å²) in [6.07, 6.45) is -5.94. The number of carbonyl (C=O) groups is 3. The van der Waals surface area contributed by atoms with Crippen molar-refractivity contribution in [1.82, 2.24) is 0 Å². The molecule has 2 aliphatic heterocycles. The fourth-order valence-electron chi connectivity index (χ4n) is 12.1. The summed E-state index contributed by atoms with van der Waals surface area (Å²) in [5.41, 5.74) is 3.36. The highest BCUT2D eigenvalue weighted by Crippen LogP contribution is 2.40. The predicted octanol–water partition coefficient (Wildman–Crippen LogP) is 13.8. The Morgan fingerprint density at radius 1 is 0.366 bits per heavy atom. The Bertz CT molecular complexity index is 3440. The SMILES string of the molecule is CCCCCCCCO[C@H]1O[C@H](CO[C@H]2O[C@H](CO[Si](c3ccccc3)(c3ccccc3)C(C)(C)C)[C@@H](OC(=O)c3ccccc3)[C@H](OC(=O)c3ccccc3)[C@@H]2OC(=O)c2ccccc2)[C@@H](OCc2ccccc2)[C@H](OCc2ccccc2)[C@@H]1OCc1ccccc1. The second-order valence-corrected chi connectivity index (χ2v) is 28.8. The lowest BCUT2D eigenvalue weighted by molar-refractivity contribution is -0.343. The van der Waals surface area contributed by atoms with Crippen LogP contribution in [0.5, 0.6) is 0 Å². The van der Waals surface area contributed by atoms with Crippen molar-refractivity contribution in [3.05, 3.63) is 276 Å². The molecule has 8 aromatic rings. The molecule has 0 radical (unpaired) electrons. The fourth-order valence-corrected chi connectivity index (χ4v) is 16.7. The largest absolute Gasteiger partial charge is 0.452 e. The summed E-state index contributed by atoms with van der Waals surface area (Å²) in [5.74, 6) is -2.33. The molecule has 0 spiro atoms. The molecule has 10 rings (SSSR count). The van der Waals surface area contributed by atoms with E-state index in [9.17, 15) is 14.4 Å². The molecule has 2 aliphatic rings. The first-order chi connectivity index (χ1) is 45.5. The molecule has 2 fully saturated rings. The highest BCUT2D eigenvalue weighted by atomic mass is 28.4. The monoisotopic (exact) mass is 1270 g/mol. The molecular formula is C78H86O14Si. The first-order valence-electron chi connectivity index (χ1n) is 32.5. The van der Waals surface area contributed by atoms with Crippen LogP contribution in [0.15, 0.2) is 243 Å². The van der Waals surface area contributed by atoms with Crippen LogP contribution in [0.25, 0.3) is 0 Å². The van der Waals surface area contributed by atoms with E-state index in [4.69, 9.17) is 51.8 Å². The molecule has 0 amide bonds. The molecule has 0 unspecified atom stereocenters. The van der Waals surface area contributed by atoms with Crippen molar-refractivity contribution >= 4 is 36.6 Å². The van der Waals surface area contributed by atoms with Gasteiger partial charge in [0.2, 0.25) is 0 Å². The zero-order chi connectivity index (χ0) is 64.7. The third kappa shape index (κ3) is 18.3. The Morgan fingerprint density at radius 2 is 0.720 bits per heavy atom. The van der Waals surface area contributed by atoms with Gasteiger partial charge in [-0.3, -0.25) is 0 Å². The first-order valence-corrected chi connectivity index (χ1v) is 34.4. The van der Waals surface area contributed by atoms with Crippen LogP contribution in [0, 0.1) is 0 Å². The topological polar surface area (TPSA) is 153 Å². The molecule has 10 atom stereocenters. The van der Waals surface area contributed by atoms with E-state index in [2.05, 4.69) is 52.0 Å². The van der Waals surface area contributed by atoms with E-state index in [1.54, 1.807) is 91.0 Å². The standard InChI is InChI=1S/C78H86O14Si/c1-5-6-7-8-9-34-51-82-76-71(85-54-59-39-22-12-23-40-59)69(84-53-58-37-20-11-21-38-58)67(83-52-57-35-18-10-19-36-57)65(88-76)55-86-77-72(92-75(81)62-45-28-15-29-46-62)70(91-74(80)61-43-26-14-27-44-61)68(90-73(79)60-41-24-13-25-42-60)66(89-77)56-87-93(78(2,3)4,63-47-30-16-31-48-63)64-49-32-17-33-50-64/h10-33,35-50,65-72,76-77H,5-9,34,51-56H2,1-4H3/t65-,66-,67-,68-,69+,70+,71+,72+,76+,77+/m1/s1. The van der Waals surface area contributed by atoms with Crippen molar-refractivity contribution < 1.29 is 66.2 Å². The Hall–Kier alpha value is -7.93. The number of benzene rings is 8. The summed E-state index contributed by atoms with van der Waals surface area (Å²) >= 11 is 0. The smallest absolute Gasteiger partial charge is 0.338 e. The number of rotatable bonds is 31. The first kappa shape index (κ1) is 67.9. The zero-order valence-corrected chi connectivity index (χ0v) is 54.6. The highest BCUT2D eigenvalue weighted by Gasteiger charge is 2.57. The number of carbonyl (C=O) groups excluding carboxylic acids is 3. The van der Waals surface area contributed by atoms with Crippen molar-refractivity contribution in [2.24, 2.45) is 0 Å². The number of esters is 3. The number of hydrogen-bond acceptors (Lipinski definition) is 14. The van der Waals surface area contributed by atoms with Crippen LogP contribution in [0.1, 0.15) is 114 Å². The average Bonchev–Trinajstić information content (AvgIpc) is 0.760. The van der Waals surface area contributed by atoms with Crippen LogP contribution >= 0.6 is 0 Å². The van der Waals surface area contributed by atoms with E-state index in [1.807, 2.05) is 127 Å². The molecule has 14 nitrogen and oxygen atoms in total. The maximum atomic E-state index is 14.9. The molecule has 2 heterocycles. The summed E-state index contributed by atoms with van der Waals surface area (Å²) in [5, 5.41) is 1.43. The average molecular weight is 1280 g/mol. The van der Waals surface area contributed by atoms with Crippen molar-refractivity contribution in [2.75, 3.05) is 19.8 Å². The van der Waals surface area contributed by atoms with E-state index >= 15 is 0 Å². The molecule has 0 saturated carbocycles. The van der Waals surface area contributed by atoms with Gasteiger partial charge in [0.15, 0.2) is 30.9 Å². The van der Waals surface area contributed by atoms with E-state index in [0.29, 0.717) is 6.61 Å². The molecule has 93 heavy (non-hydrogen) atoms. The summed E-state index contributed by atoms with van der Waals surface area (Å²) in [6.45, 7) is 9.05. The normalized spacial score (nSPS) is 21.5. The van der Waals surface area contributed by atoms with Crippen molar-refractivity contribution in [1.29, 1.82) is 0 Å². The fraction of sp³-hybridized carbons (Fsp3) is 0.346. The molecule has 0 aliphatic carbocycles.